The molecule has 1 aromatic heterocycles. The topological polar surface area (TPSA) is 81.2 Å². The number of ether oxygens (including phenoxy) is 1. The fourth-order valence-electron chi connectivity index (χ4n) is 1.59. The van der Waals surface area contributed by atoms with E-state index in [9.17, 15) is 8.42 Å². The lowest BCUT2D eigenvalue weighted by atomic mass is 10.3. The molecule has 0 unspecified atom stereocenters. The summed E-state index contributed by atoms with van der Waals surface area (Å²) in [6, 6.07) is 6.33. The van der Waals surface area contributed by atoms with Crippen molar-refractivity contribution in [3.8, 4) is 10.9 Å². The van der Waals surface area contributed by atoms with Gasteiger partial charge in [-0.3, -0.25) is 0 Å². The minimum Gasteiger partial charge on any atom is -0.430 e. The van der Waals surface area contributed by atoms with Crippen molar-refractivity contribution < 1.29 is 13.2 Å². The highest BCUT2D eigenvalue weighted by Gasteiger charge is 2.10. The predicted molar refractivity (Wildman–Crippen MR) is 81.5 cm³/mol. The van der Waals surface area contributed by atoms with Crippen LogP contribution in [0.15, 0.2) is 29.2 Å². The monoisotopic (exact) mass is 327 g/mol. The molecule has 1 heterocycles. The van der Waals surface area contributed by atoms with Crippen LogP contribution in [0.4, 0.5) is 0 Å². The van der Waals surface area contributed by atoms with E-state index in [1.165, 1.54) is 23.5 Å². The Labute approximate surface area is 128 Å². The molecule has 6 nitrogen and oxygen atoms in total. The van der Waals surface area contributed by atoms with Gasteiger partial charge in [0.25, 0.3) is 5.19 Å². The van der Waals surface area contributed by atoms with Crippen LogP contribution in [0.2, 0.25) is 0 Å². The van der Waals surface area contributed by atoms with Crippen molar-refractivity contribution in [2.45, 2.75) is 24.8 Å². The van der Waals surface area contributed by atoms with Gasteiger partial charge in [-0.15, -0.1) is 5.10 Å². The molecule has 21 heavy (non-hydrogen) atoms. The van der Waals surface area contributed by atoms with E-state index < -0.39 is 9.84 Å². The minimum absolute atomic E-state index is 0.217. The third kappa shape index (κ3) is 4.76. The number of hydrogen-bond donors (Lipinski definition) is 1. The highest BCUT2D eigenvalue weighted by Crippen LogP contribution is 2.26. The number of hydrogen-bond acceptors (Lipinski definition) is 7. The number of rotatable bonds is 7. The normalized spacial score (nSPS) is 11.5. The summed E-state index contributed by atoms with van der Waals surface area (Å²) in [6.07, 6.45) is 2.22. The van der Waals surface area contributed by atoms with Crippen LogP contribution in [-0.2, 0) is 16.4 Å². The van der Waals surface area contributed by atoms with Gasteiger partial charge in [-0.05, 0) is 31.2 Å². The molecule has 0 saturated heterocycles. The largest absolute Gasteiger partial charge is 0.430 e. The second-order valence-electron chi connectivity index (χ2n) is 4.49. The molecule has 0 amide bonds. The van der Waals surface area contributed by atoms with Crippen LogP contribution in [0, 0.1) is 0 Å². The summed E-state index contributed by atoms with van der Waals surface area (Å²) in [5.41, 5.74) is 0. The van der Waals surface area contributed by atoms with Crippen molar-refractivity contribution in [2.75, 3.05) is 12.8 Å². The van der Waals surface area contributed by atoms with Crippen LogP contribution >= 0.6 is 11.3 Å². The Balaban J connectivity index is 2.05. The van der Waals surface area contributed by atoms with Gasteiger partial charge in [0.1, 0.15) is 10.8 Å². The Morgan fingerprint density at radius 3 is 2.86 bits per heavy atom. The summed E-state index contributed by atoms with van der Waals surface area (Å²) in [6.45, 7) is 3.67. The Morgan fingerprint density at radius 2 is 2.14 bits per heavy atom. The van der Waals surface area contributed by atoms with Gasteiger partial charge < -0.3 is 10.1 Å². The van der Waals surface area contributed by atoms with E-state index in [1.807, 2.05) is 0 Å². The molecule has 0 aliphatic heterocycles. The van der Waals surface area contributed by atoms with Gasteiger partial charge in [0.2, 0.25) is 0 Å². The van der Waals surface area contributed by atoms with Crippen molar-refractivity contribution in [3.05, 3.63) is 29.3 Å². The van der Waals surface area contributed by atoms with Crippen molar-refractivity contribution in [1.82, 2.24) is 15.5 Å². The third-order valence-electron chi connectivity index (χ3n) is 2.59. The van der Waals surface area contributed by atoms with E-state index in [0.29, 0.717) is 17.5 Å². The number of sulfone groups is 1. The Kier molecular flexibility index (Phi) is 5.27. The van der Waals surface area contributed by atoms with Crippen LogP contribution in [0.1, 0.15) is 18.4 Å². The number of nitrogens with zero attached hydrogens (tertiary/aromatic N) is 2. The van der Waals surface area contributed by atoms with Gasteiger partial charge in [0, 0.05) is 12.8 Å². The molecule has 0 spiro atoms. The second-order valence-corrected chi connectivity index (χ2v) is 7.53. The number of benzene rings is 1. The molecule has 1 aromatic carbocycles. The van der Waals surface area contributed by atoms with E-state index in [2.05, 4.69) is 22.4 Å². The van der Waals surface area contributed by atoms with Crippen LogP contribution in [0.3, 0.4) is 0 Å². The zero-order valence-corrected chi connectivity index (χ0v) is 13.5. The van der Waals surface area contributed by atoms with Crippen LogP contribution in [0.5, 0.6) is 10.9 Å². The predicted octanol–water partition coefficient (Wildman–Crippen LogP) is 2.23. The van der Waals surface area contributed by atoms with Crippen LogP contribution in [-0.4, -0.2) is 31.4 Å². The van der Waals surface area contributed by atoms with Gasteiger partial charge >= 0.3 is 0 Å². The Morgan fingerprint density at radius 1 is 1.33 bits per heavy atom. The number of nitrogens with one attached hydrogen (secondary N) is 1. The molecule has 0 atom stereocenters. The van der Waals surface area contributed by atoms with Gasteiger partial charge in [-0.2, -0.15) is 0 Å². The Hall–Kier alpha value is -1.51. The first-order valence-corrected chi connectivity index (χ1v) is 9.21. The molecular weight excluding hydrogens is 310 g/mol. The molecule has 0 aliphatic carbocycles. The average Bonchev–Trinajstić information content (AvgIpc) is 2.86. The van der Waals surface area contributed by atoms with E-state index in [0.717, 1.165) is 24.2 Å². The first-order valence-electron chi connectivity index (χ1n) is 6.50. The van der Waals surface area contributed by atoms with Crippen molar-refractivity contribution in [1.29, 1.82) is 0 Å². The highest BCUT2D eigenvalue weighted by atomic mass is 32.2. The number of aromatic nitrogens is 2. The van der Waals surface area contributed by atoms with E-state index in [4.69, 9.17) is 4.74 Å². The zero-order valence-electron chi connectivity index (χ0n) is 11.9. The summed E-state index contributed by atoms with van der Waals surface area (Å²) in [4.78, 5) is 0.217. The molecule has 0 radical (unpaired) electrons. The molecule has 1 N–H and O–H groups in total. The summed E-state index contributed by atoms with van der Waals surface area (Å²) < 4.78 is 28.6. The van der Waals surface area contributed by atoms with Crippen molar-refractivity contribution >= 4 is 21.2 Å². The van der Waals surface area contributed by atoms with Gasteiger partial charge in [0.05, 0.1) is 4.90 Å². The molecule has 0 bridgehead atoms. The first kappa shape index (κ1) is 15.9. The average molecular weight is 327 g/mol. The maximum Gasteiger partial charge on any atom is 0.299 e. The van der Waals surface area contributed by atoms with Crippen molar-refractivity contribution in [2.24, 2.45) is 0 Å². The third-order valence-corrected chi connectivity index (χ3v) is 4.50. The van der Waals surface area contributed by atoms with E-state index in [1.54, 1.807) is 12.1 Å². The minimum atomic E-state index is -3.25. The quantitative estimate of drug-likeness (QED) is 0.786. The molecule has 8 heteroatoms. The van der Waals surface area contributed by atoms with Crippen LogP contribution < -0.4 is 10.1 Å². The zero-order chi connectivity index (χ0) is 15.3. The molecular formula is C13H17N3O3S2. The molecule has 0 saturated carbocycles. The summed E-state index contributed by atoms with van der Waals surface area (Å²) in [5.74, 6) is 0.433. The van der Waals surface area contributed by atoms with Crippen molar-refractivity contribution in [3.63, 3.8) is 0 Å². The lowest BCUT2D eigenvalue weighted by Gasteiger charge is -2.03. The van der Waals surface area contributed by atoms with Crippen LogP contribution in [0.25, 0.3) is 0 Å². The standard InChI is InChI=1S/C13H17N3O3S2/c1-3-7-14-9-12-15-16-13(20-12)19-10-5-4-6-11(8-10)21(2,17)18/h4-6,8,14H,3,7,9H2,1-2H3. The van der Waals surface area contributed by atoms with Gasteiger partial charge in [-0.1, -0.05) is 29.4 Å². The Bertz CT molecular complexity index is 698. The maximum absolute atomic E-state index is 11.5. The molecule has 2 aromatic rings. The lowest BCUT2D eigenvalue weighted by Crippen LogP contribution is -2.13. The maximum atomic E-state index is 11.5. The smallest absolute Gasteiger partial charge is 0.299 e. The SMILES string of the molecule is CCCNCc1nnc(Oc2cccc(S(C)(=O)=O)c2)s1. The summed E-state index contributed by atoms with van der Waals surface area (Å²) >= 11 is 1.34. The highest BCUT2D eigenvalue weighted by molar-refractivity contribution is 7.90. The van der Waals surface area contributed by atoms with E-state index in [-0.39, 0.29) is 4.90 Å². The van der Waals surface area contributed by atoms with E-state index >= 15 is 0 Å². The molecule has 0 fully saturated rings. The molecule has 0 aliphatic rings. The van der Waals surface area contributed by atoms with Gasteiger partial charge in [-0.25, -0.2) is 8.42 Å². The fraction of sp³-hybridized carbons (Fsp3) is 0.385. The molecule has 114 valence electrons. The fourth-order valence-corrected chi connectivity index (χ4v) is 2.93. The first-order chi connectivity index (χ1) is 9.99. The second kappa shape index (κ2) is 6.97. The summed E-state index contributed by atoms with van der Waals surface area (Å²) in [7, 11) is -3.25. The summed E-state index contributed by atoms with van der Waals surface area (Å²) in [5, 5.41) is 12.4. The lowest BCUT2D eigenvalue weighted by molar-refractivity contribution is 0.471. The molecule has 2 rings (SSSR count). The van der Waals surface area contributed by atoms with Gasteiger partial charge in [0.15, 0.2) is 9.84 Å².